The molecule has 2 unspecified atom stereocenters. The van der Waals surface area contributed by atoms with Crippen molar-refractivity contribution in [2.24, 2.45) is 0 Å². The molecule has 0 fully saturated rings. The van der Waals surface area contributed by atoms with Crippen molar-refractivity contribution >= 4 is 5.91 Å². The lowest BCUT2D eigenvalue weighted by molar-refractivity contribution is -0.125. The van der Waals surface area contributed by atoms with Gasteiger partial charge < -0.3 is 15.2 Å². The molecule has 0 radical (unpaired) electrons. The van der Waals surface area contributed by atoms with Crippen molar-refractivity contribution in [1.82, 2.24) is 5.32 Å². The summed E-state index contributed by atoms with van der Waals surface area (Å²) in [6, 6.07) is 6.20. The van der Waals surface area contributed by atoms with Gasteiger partial charge >= 0.3 is 0 Å². The van der Waals surface area contributed by atoms with E-state index in [0.29, 0.717) is 0 Å². The summed E-state index contributed by atoms with van der Waals surface area (Å²) in [5.74, 6) is -0.0881. The molecule has 1 amide bonds. The molecule has 4 nitrogen and oxygen atoms in total. The fourth-order valence-electron chi connectivity index (χ4n) is 2.98. The van der Waals surface area contributed by atoms with Crippen molar-refractivity contribution in [2.75, 3.05) is 13.7 Å². The van der Waals surface area contributed by atoms with Gasteiger partial charge in [0.1, 0.15) is 6.61 Å². The molecule has 2 atom stereocenters. The number of aryl methyl sites for hydroxylation is 1. The Balaban J connectivity index is 2.19. The van der Waals surface area contributed by atoms with Gasteiger partial charge in [0, 0.05) is 7.11 Å². The molecule has 116 valence electrons. The third-order valence-electron chi connectivity index (χ3n) is 4.04. The van der Waals surface area contributed by atoms with Crippen molar-refractivity contribution in [3.05, 3.63) is 34.9 Å². The van der Waals surface area contributed by atoms with Crippen LogP contribution in [0.2, 0.25) is 0 Å². The van der Waals surface area contributed by atoms with Crippen LogP contribution < -0.4 is 5.32 Å². The monoisotopic (exact) mass is 291 g/mol. The molecule has 0 heterocycles. The molecule has 21 heavy (non-hydrogen) atoms. The summed E-state index contributed by atoms with van der Waals surface area (Å²) >= 11 is 0. The molecular formula is C17H25NO3. The number of nitrogens with one attached hydrogen (secondary N) is 1. The Kier molecular flexibility index (Phi) is 5.76. The first-order valence-corrected chi connectivity index (χ1v) is 7.74. The molecule has 2 rings (SSSR count). The van der Waals surface area contributed by atoms with Gasteiger partial charge in [-0.05, 0) is 42.4 Å². The number of aliphatic hydroxyl groups is 1. The van der Waals surface area contributed by atoms with E-state index >= 15 is 0 Å². The number of benzene rings is 1. The first kappa shape index (κ1) is 16.0. The minimum absolute atomic E-state index is 0.0326. The van der Waals surface area contributed by atoms with Crippen LogP contribution in [0.1, 0.15) is 61.4 Å². The van der Waals surface area contributed by atoms with Gasteiger partial charge in [0.25, 0.3) is 0 Å². The SMILES string of the molecule is CCCC(O)c1ccc2c(c1)C(NC(=O)COC)CCC2. The normalized spacial score (nSPS) is 18.9. The molecule has 1 aliphatic carbocycles. The zero-order chi connectivity index (χ0) is 15.2. The van der Waals surface area contributed by atoms with Crippen LogP contribution in [0.4, 0.5) is 0 Å². The molecule has 0 saturated heterocycles. The molecule has 1 aliphatic rings. The highest BCUT2D eigenvalue weighted by atomic mass is 16.5. The van der Waals surface area contributed by atoms with Crippen LogP contribution in [0, 0.1) is 0 Å². The van der Waals surface area contributed by atoms with Gasteiger partial charge in [0.05, 0.1) is 12.1 Å². The lowest BCUT2D eigenvalue weighted by Crippen LogP contribution is -2.33. The van der Waals surface area contributed by atoms with Crippen LogP contribution in [0.3, 0.4) is 0 Å². The fraction of sp³-hybridized carbons (Fsp3) is 0.588. The molecule has 2 N–H and O–H groups in total. The summed E-state index contributed by atoms with van der Waals surface area (Å²) < 4.78 is 4.87. The minimum atomic E-state index is -0.419. The van der Waals surface area contributed by atoms with Gasteiger partial charge in [0.15, 0.2) is 0 Å². The van der Waals surface area contributed by atoms with Crippen molar-refractivity contribution in [2.45, 2.75) is 51.2 Å². The highest BCUT2D eigenvalue weighted by Crippen LogP contribution is 2.32. The Morgan fingerprint density at radius 3 is 3.05 bits per heavy atom. The summed E-state index contributed by atoms with van der Waals surface area (Å²) in [6.45, 7) is 2.15. The number of methoxy groups -OCH3 is 1. The zero-order valence-electron chi connectivity index (χ0n) is 12.9. The van der Waals surface area contributed by atoms with E-state index in [1.807, 2.05) is 6.07 Å². The molecule has 0 saturated carbocycles. The van der Waals surface area contributed by atoms with Crippen LogP contribution in [0.15, 0.2) is 18.2 Å². The number of carbonyl (C=O) groups excluding carboxylic acids is 1. The third-order valence-corrected chi connectivity index (χ3v) is 4.04. The molecule has 0 aliphatic heterocycles. The van der Waals surface area contributed by atoms with Crippen LogP contribution in [0.25, 0.3) is 0 Å². The summed E-state index contributed by atoms with van der Waals surface area (Å²) in [5.41, 5.74) is 3.37. The summed E-state index contributed by atoms with van der Waals surface area (Å²) in [6.07, 6.45) is 4.34. The van der Waals surface area contributed by atoms with Gasteiger partial charge in [-0.25, -0.2) is 0 Å². The van der Waals surface area contributed by atoms with Crippen molar-refractivity contribution in [3.8, 4) is 0 Å². The second-order valence-corrected chi connectivity index (χ2v) is 5.71. The summed E-state index contributed by atoms with van der Waals surface area (Å²) in [7, 11) is 1.52. The van der Waals surface area contributed by atoms with E-state index in [-0.39, 0.29) is 18.6 Å². The number of carbonyl (C=O) groups is 1. The molecule has 1 aromatic carbocycles. The standard InChI is InChI=1S/C17H25NO3/c1-3-5-16(19)13-9-8-12-6-4-7-15(14(12)10-13)18-17(20)11-21-2/h8-10,15-16,19H,3-7,11H2,1-2H3,(H,18,20). The van der Waals surface area contributed by atoms with E-state index in [2.05, 4.69) is 24.4 Å². The summed E-state index contributed by atoms with van der Waals surface area (Å²) in [5, 5.41) is 13.2. The Morgan fingerprint density at radius 2 is 2.33 bits per heavy atom. The van der Waals surface area contributed by atoms with Crippen LogP contribution >= 0.6 is 0 Å². The topological polar surface area (TPSA) is 58.6 Å². The maximum atomic E-state index is 11.8. The number of rotatable bonds is 6. The highest BCUT2D eigenvalue weighted by molar-refractivity contribution is 5.77. The summed E-state index contributed by atoms with van der Waals surface area (Å²) in [4.78, 5) is 11.8. The first-order valence-electron chi connectivity index (χ1n) is 7.74. The zero-order valence-corrected chi connectivity index (χ0v) is 12.9. The smallest absolute Gasteiger partial charge is 0.246 e. The molecular weight excluding hydrogens is 266 g/mol. The average molecular weight is 291 g/mol. The van der Waals surface area contributed by atoms with Gasteiger partial charge in [-0.2, -0.15) is 0 Å². The maximum absolute atomic E-state index is 11.8. The second kappa shape index (κ2) is 7.57. The average Bonchev–Trinajstić information content (AvgIpc) is 2.47. The predicted octanol–water partition coefficient (Wildman–Crippen LogP) is 2.66. The lowest BCUT2D eigenvalue weighted by atomic mass is 9.85. The number of ether oxygens (including phenoxy) is 1. The van der Waals surface area contributed by atoms with E-state index in [9.17, 15) is 9.90 Å². The van der Waals surface area contributed by atoms with E-state index in [4.69, 9.17) is 4.74 Å². The van der Waals surface area contributed by atoms with Crippen LogP contribution in [0.5, 0.6) is 0 Å². The van der Waals surface area contributed by atoms with E-state index in [1.165, 1.54) is 12.7 Å². The number of amides is 1. The Bertz CT molecular complexity index is 487. The molecule has 0 bridgehead atoms. The molecule has 1 aromatic rings. The van der Waals surface area contributed by atoms with Gasteiger partial charge in [-0.3, -0.25) is 4.79 Å². The maximum Gasteiger partial charge on any atom is 0.246 e. The first-order chi connectivity index (χ1) is 10.2. The highest BCUT2D eigenvalue weighted by Gasteiger charge is 2.23. The van der Waals surface area contributed by atoms with Crippen molar-refractivity contribution in [1.29, 1.82) is 0 Å². The van der Waals surface area contributed by atoms with Gasteiger partial charge in [-0.15, -0.1) is 0 Å². The number of hydrogen-bond donors (Lipinski definition) is 2. The second-order valence-electron chi connectivity index (χ2n) is 5.71. The predicted molar refractivity (Wildman–Crippen MR) is 82.0 cm³/mol. The molecule has 0 spiro atoms. The Hall–Kier alpha value is -1.39. The van der Waals surface area contributed by atoms with E-state index in [0.717, 1.165) is 43.2 Å². The fourth-order valence-corrected chi connectivity index (χ4v) is 2.98. The third kappa shape index (κ3) is 4.05. The Morgan fingerprint density at radius 1 is 1.52 bits per heavy atom. The van der Waals surface area contributed by atoms with Crippen molar-refractivity contribution in [3.63, 3.8) is 0 Å². The number of hydrogen-bond acceptors (Lipinski definition) is 3. The van der Waals surface area contributed by atoms with Gasteiger partial charge in [-0.1, -0.05) is 31.5 Å². The lowest BCUT2D eigenvalue weighted by Gasteiger charge is -2.27. The minimum Gasteiger partial charge on any atom is -0.388 e. The number of fused-ring (bicyclic) bond motifs is 1. The quantitative estimate of drug-likeness (QED) is 0.847. The molecule has 0 aromatic heterocycles. The van der Waals surface area contributed by atoms with Gasteiger partial charge in [0.2, 0.25) is 5.91 Å². The largest absolute Gasteiger partial charge is 0.388 e. The van der Waals surface area contributed by atoms with E-state index in [1.54, 1.807) is 0 Å². The Labute approximate surface area is 126 Å². The van der Waals surface area contributed by atoms with Crippen LogP contribution in [-0.4, -0.2) is 24.7 Å². The van der Waals surface area contributed by atoms with E-state index < -0.39 is 6.10 Å². The van der Waals surface area contributed by atoms with Crippen LogP contribution in [-0.2, 0) is 16.0 Å². The van der Waals surface area contributed by atoms with Crippen molar-refractivity contribution < 1.29 is 14.6 Å². The molecule has 4 heteroatoms. The number of aliphatic hydroxyl groups excluding tert-OH is 1.